The van der Waals surface area contributed by atoms with Crippen molar-refractivity contribution in [3.05, 3.63) is 17.5 Å². The van der Waals surface area contributed by atoms with Crippen LogP contribution in [0, 0.1) is 11.8 Å². The van der Waals surface area contributed by atoms with Crippen LogP contribution in [0.25, 0.3) is 0 Å². The van der Waals surface area contributed by atoms with Crippen molar-refractivity contribution in [2.75, 3.05) is 13.1 Å². The molecule has 1 amide bonds. The summed E-state index contributed by atoms with van der Waals surface area (Å²) < 4.78 is 1.94. The molecule has 128 valence electrons. The van der Waals surface area contributed by atoms with E-state index < -0.39 is 5.97 Å². The van der Waals surface area contributed by atoms with Crippen LogP contribution in [0.15, 0.2) is 6.20 Å². The van der Waals surface area contributed by atoms with Gasteiger partial charge >= 0.3 is 5.97 Å². The van der Waals surface area contributed by atoms with E-state index in [9.17, 15) is 9.59 Å². The molecule has 1 fully saturated rings. The molecule has 0 bridgehead atoms. The Balaban J connectivity index is 2.04. The smallest absolute Gasteiger partial charge is 0.303 e. The lowest BCUT2D eigenvalue weighted by atomic mass is 9.93. The number of carboxylic acids is 1. The topological polar surface area (TPSA) is 75.4 Å². The Morgan fingerprint density at radius 2 is 2.00 bits per heavy atom. The van der Waals surface area contributed by atoms with Crippen molar-refractivity contribution >= 4 is 11.9 Å². The summed E-state index contributed by atoms with van der Waals surface area (Å²) in [7, 11) is 0. The van der Waals surface area contributed by atoms with Gasteiger partial charge in [-0.05, 0) is 31.1 Å². The average Bonchev–Trinajstić information content (AvgIpc) is 2.88. The monoisotopic (exact) mass is 321 g/mol. The Bertz CT molecular complexity index is 557. The zero-order valence-electron chi connectivity index (χ0n) is 14.3. The van der Waals surface area contributed by atoms with E-state index in [0.29, 0.717) is 24.6 Å². The molecular formula is C17H27N3O3. The summed E-state index contributed by atoms with van der Waals surface area (Å²) in [5.74, 6) is -0.0515. The van der Waals surface area contributed by atoms with Gasteiger partial charge in [0.25, 0.3) is 5.91 Å². The third-order valence-electron chi connectivity index (χ3n) is 4.42. The van der Waals surface area contributed by atoms with E-state index in [2.05, 4.69) is 18.9 Å². The number of carbonyl (C=O) groups excluding carboxylic acids is 1. The number of carbonyl (C=O) groups is 2. The maximum absolute atomic E-state index is 12.8. The predicted molar refractivity (Wildman–Crippen MR) is 87.3 cm³/mol. The molecule has 6 heteroatoms. The zero-order valence-corrected chi connectivity index (χ0v) is 14.3. The lowest BCUT2D eigenvalue weighted by Gasteiger charge is -2.31. The molecule has 6 nitrogen and oxygen atoms in total. The van der Waals surface area contributed by atoms with Gasteiger partial charge in [0.15, 0.2) is 0 Å². The highest BCUT2D eigenvalue weighted by Crippen LogP contribution is 2.23. The lowest BCUT2D eigenvalue weighted by molar-refractivity contribution is -0.138. The third kappa shape index (κ3) is 4.33. The molecule has 0 saturated carbocycles. The number of rotatable bonds is 6. The van der Waals surface area contributed by atoms with Gasteiger partial charge in [-0.2, -0.15) is 5.10 Å². The number of aliphatic carboxylic acids is 1. The largest absolute Gasteiger partial charge is 0.481 e. The summed E-state index contributed by atoms with van der Waals surface area (Å²) in [5.41, 5.74) is 1.70. The Morgan fingerprint density at radius 3 is 2.52 bits per heavy atom. The van der Waals surface area contributed by atoms with Crippen LogP contribution in [0.4, 0.5) is 0 Å². The fourth-order valence-electron chi connectivity index (χ4n) is 3.22. The van der Waals surface area contributed by atoms with Crippen LogP contribution in [-0.2, 0) is 17.8 Å². The number of likely N-dealkylation sites (tertiary alicyclic amines) is 1. The number of nitrogens with zero attached hydrogens (tertiary/aromatic N) is 3. The summed E-state index contributed by atoms with van der Waals surface area (Å²) in [6.45, 7) is 8.40. The minimum Gasteiger partial charge on any atom is -0.481 e. The normalized spacial score (nSPS) is 16.1. The molecule has 1 aromatic heterocycles. The molecule has 2 rings (SSSR count). The number of aromatic nitrogens is 2. The third-order valence-corrected chi connectivity index (χ3v) is 4.42. The Morgan fingerprint density at radius 1 is 1.35 bits per heavy atom. The standard InChI is InChI=1S/C17H27N3O3/c1-4-15-14(10-18-20(15)11-12(2)3)17(23)19-7-5-13(6-8-19)9-16(21)22/h10,12-13H,4-9,11H2,1-3H3,(H,21,22). The van der Waals surface area contributed by atoms with Gasteiger partial charge in [0.05, 0.1) is 17.5 Å². The highest BCUT2D eigenvalue weighted by molar-refractivity contribution is 5.95. The molecule has 2 heterocycles. The lowest BCUT2D eigenvalue weighted by Crippen LogP contribution is -2.39. The predicted octanol–water partition coefficient (Wildman–Crippen LogP) is 2.43. The van der Waals surface area contributed by atoms with Crippen molar-refractivity contribution in [3.63, 3.8) is 0 Å². The minimum absolute atomic E-state index is 0.0330. The van der Waals surface area contributed by atoms with Crippen LogP contribution in [-0.4, -0.2) is 44.8 Å². The molecule has 0 radical (unpaired) electrons. The first-order valence-electron chi connectivity index (χ1n) is 8.48. The van der Waals surface area contributed by atoms with E-state index in [0.717, 1.165) is 31.5 Å². The maximum atomic E-state index is 12.8. The second-order valence-electron chi connectivity index (χ2n) is 6.77. The number of amides is 1. The van der Waals surface area contributed by atoms with E-state index in [1.165, 1.54) is 0 Å². The van der Waals surface area contributed by atoms with Crippen LogP contribution in [0.3, 0.4) is 0 Å². The zero-order chi connectivity index (χ0) is 17.0. The molecule has 23 heavy (non-hydrogen) atoms. The quantitative estimate of drug-likeness (QED) is 0.873. The molecule has 0 unspecified atom stereocenters. The number of hydrogen-bond acceptors (Lipinski definition) is 3. The van der Waals surface area contributed by atoms with Gasteiger partial charge in [0.2, 0.25) is 0 Å². The van der Waals surface area contributed by atoms with E-state index in [1.54, 1.807) is 6.20 Å². The van der Waals surface area contributed by atoms with Crippen LogP contribution in [0.2, 0.25) is 0 Å². The Labute approximate surface area is 137 Å². The summed E-state index contributed by atoms with van der Waals surface area (Å²) in [6, 6.07) is 0. The fourth-order valence-corrected chi connectivity index (χ4v) is 3.22. The van der Waals surface area contributed by atoms with Crippen molar-refractivity contribution in [1.29, 1.82) is 0 Å². The number of hydrogen-bond donors (Lipinski definition) is 1. The van der Waals surface area contributed by atoms with E-state index >= 15 is 0 Å². The maximum Gasteiger partial charge on any atom is 0.303 e. The van der Waals surface area contributed by atoms with Crippen molar-refractivity contribution in [3.8, 4) is 0 Å². The van der Waals surface area contributed by atoms with Gasteiger partial charge in [-0.25, -0.2) is 0 Å². The highest BCUT2D eigenvalue weighted by atomic mass is 16.4. The first kappa shape index (κ1) is 17.5. The number of carboxylic acid groups (broad SMARTS) is 1. The summed E-state index contributed by atoms with van der Waals surface area (Å²) in [4.78, 5) is 25.4. The summed E-state index contributed by atoms with van der Waals surface area (Å²) in [5, 5.41) is 13.3. The molecule has 0 aliphatic carbocycles. The number of piperidine rings is 1. The van der Waals surface area contributed by atoms with Gasteiger partial charge in [-0.1, -0.05) is 20.8 Å². The second-order valence-corrected chi connectivity index (χ2v) is 6.77. The second kappa shape index (κ2) is 7.62. The van der Waals surface area contributed by atoms with E-state index in [1.807, 2.05) is 16.5 Å². The van der Waals surface area contributed by atoms with Gasteiger partial charge in [0, 0.05) is 26.1 Å². The van der Waals surface area contributed by atoms with Crippen LogP contribution >= 0.6 is 0 Å². The van der Waals surface area contributed by atoms with Crippen molar-refractivity contribution in [1.82, 2.24) is 14.7 Å². The molecular weight excluding hydrogens is 294 g/mol. The Kier molecular flexibility index (Phi) is 5.80. The minimum atomic E-state index is -0.752. The van der Waals surface area contributed by atoms with Gasteiger partial charge in [-0.15, -0.1) is 0 Å². The van der Waals surface area contributed by atoms with Crippen LogP contribution < -0.4 is 0 Å². The van der Waals surface area contributed by atoms with Gasteiger partial charge in [0.1, 0.15) is 0 Å². The molecule has 1 aliphatic heterocycles. The van der Waals surface area contributed by atoms with Gasteiger partial charge in [-0.3, -0.25) is 14.3 Å². The van der Waals surface area contributed by atoms with Gasteiger partial charge < -0.3 is 10.0 Å². The molecule has 0 aromatic carbocycles. The summed E-state index contributed by atoms with van der Waals surface area (Å²) in [6.07, 6.45) is 4.20. The summed E-state index contributed by atoms with van der Waals surface area (Å²) >= 11 is 0. The highest BCUT2D eigenvalue weighted by Gasteiger charge is 2.27. The molecule has 0 spiro atoms. The Hall–Kier alpha value is -1.85. The molecule has 1 N–H and O–H groups in total. The molecule has 1 saturated heterocycles. The fraction of sp³-hybridized carbons (Fsp3) is 0.706. The van der Waals surface area contributed by atoms with Crippen molar-refractivity contribution in [2.24, 2.45) is 11.8 Å². The van der Waals surface area contributed by atoms with E-state index in [-0.39, 0.29) is 18.2 Å². The van der Waals surface area contributed by atoms with E-state index in [4.69, 9.17) is 5.11 Å². The van der Waals surface area contributed by atoms with Crippen molar-refractivity contribution < 1.29 is 14.7 Å². The van der Waals surface area contributed by atoms with Crippen LogP contribution in [0.5, 0.6) is 0 Å². The van der Waals surface area contributed by atoms with Crippen LogP contribution in [0.1, 0.15) is 56.1 Å². The molecule has 1 aromatic rings. The first-order chi connectivity index (χ1) is 10.9. The SMILES string of the molecule is CCc1c(C(=O)N2CCC(CC(=O)O)CC2)cnn1CC(C)C. The average molecular weight is 321 g/mol. The van der Waals surface area contributed by atoms with Crippen molar-refractivity contribution in [2.45, 2.75) is 53.0 Å². The first-order valence-corrected chi connectivity index (χ1v) is 8.48. The molecule has 0 atom stereocenters. The molecule has 1 aliphatic rings.